The summed E-state index contributed by atoms with van der Waals surface area (Å²) >= 11 is 5.88. The molecule has 0 aliphatic heterocycles. The molecule has 20 heavy (non-hydrogen) atoms. The van der Waals surface area contributed by atoms with Crippen molar-refractivity contribution in [2.75, 3.05) is 5.88 Å². The number of alkyl halides is 1. The first-order chi connectivity index (χ1) is 9.43. The van der Waals surface area contributed by atoms with Crippen molar-refractivity contribution >= 4 is 22.6 Å². The Labute approximate surface area is 125 Å². The number of aryl methyl sites for hydroxylation is 2. The molecule has 1 unspecified atom stereocenters. The van der Waals surface area contributed by atoms with E-state index in [1.165, 1.54) is 6.07 Å². The van der Waals surface area contributed by atoms with E-state index in [1.54, 1.807) is 6.92 Å². The van der Waals surface area contributed by atoms with Crippen LogP contribution in [0.1, 0.15) is 44.6 Å². The van der Waals surface area contributed by atoms with Crippen LogP contribution >= 0.6 is 11.6 Å². The molecule has 0 aliphatic rings. The fourth-order valence-corrected chi connectivity index (χ4v) is 2.98. The molecule has 2 aromatic rings. The Hall–Kier alpha value is -1.09. The predicted molar refractivity (Wildman–Crippen MR) is 83.0 cm³/mol. The molecule has 0 spiro atoms. The lowest BCUT2D eigenvalue weighted by Gasteiger charge is -2.19. The molecular formula is C16H22ClFN2. The summed E-state index contributed by atoms with van der Waals surface area (Å²) in [4.78, 5) is 4.57. The SMILES string of the molecule is Cc1cc2c(cc1F)nc(CCCl)n2C(C)CC(C)C. The molecule has 2 nitrogen and oxygen atoms in total. The van der Waals surface area contributed by atoms with Gasteiger partial charge in [0.2, 0.25) is 0 Å². The van der Waals surface area contributed by atoms with Crippen LogP contribution in [0.3, 0.4) is 0 Å². The number of halogens is 2. The fourth-order valence-electron chi connectivity index (χ4n) is 2.81. The van der Waals surface area contributed by atoms with Gasteiger partial charge in [-0.3, -0.25) is 0 Å². The minimum Gasteiger partial charge on any atom is -0.325 e. The zero-order valence-electron chi connectivity index (χ0n) is 12.6. The maximum atomic E-state index is 13.7. The van der Waals surface area contributed by atoms with E-state index in [1.807, 2.05) is 6.07 Å². The Morgan fingerprint density at radius 3 is 2.60 bits per heavy atom. The van der Waals surface area contributed by atoms with E-state index in [4.69, 9.17) is 11.6 Å². The number of hydrogen-bond acceptors (Lipinski definition) is 1. The number of benzene rings is 1. The fraction of sp³-hybridized carbons (Fsp3) is 0.562. The lowest BCUT2D eigenvalue weighted by atomic mass is 10.0. The Morgan fingerprint density at radius 2 is 2.00 bits per heavy atom. The van der Waals surface area contributed by atoms with E-state index in [-0.39, 0.29) is 5.82 Å². The molecule has 1 aromatic heterocycles. The Balaban J connectivity index is 2.58. The van der Waals surface area contributed by atoms with Crippen LogP contribution in [-0.2, 0) is 6.42 Å². The molecular weight excluding hydrogens is 275 g/mol. The predicted octanol–water partition coefficient (Wildman–Crippen LogP) is 4.87. The number of aromatic nitrogens is 2. The summed E-state index contributed by atoms with van der Waals surface area (Å²) in [5, 5.41) is 0. The maximum absolute atomic E-state index is 13.7. The molecule has 0 saturated heterocycles. The third-order valence-corrected chi connectivity index (χ3v) is 3.80. The van der Waals surface area contributed by atoms with Crippen LogP contribution in [0.4, 0.5) is 4.39 Å². The van der Waals surface area contributed by atoms with Gasteiger partial charge in [-0.05, 0) is 37.8 Å². The van der Waals surface area contributed by atoms with Gasteiger partial charge in [0.05, 0.1) is 11.0 Å². The highest BCUT2D eigenvalue weighted by Crippen LogP contribution is 2.27. The van der Waals surface area contributed by atoms with Gasteiger partial charge in [-0.15, -0.1) is 11.6 Å². The zero-order chi connectivity index (χ0) is 14.9. The summed E-state index contributed by atoms with van der Waals surface area (Å²) in [5.74, 6) is 1.89. The average molecular weight is 297 g/mol. The second kappa shape index (κ2) is 6.13. The molecule has 0 bridgehead atoms. The highest BCUT2D eigenvalue weighted by atomic mass is 35.5. The molecule has 0 saturated carbocycles. The standard InChI is InChI=1S/C16H22ClFN2/c1-10(2)7-12(4)20-15-8-11(3)13(18)9-14(15)19-16(20)5-6-17/h8-10,12H,5-7H2,1-4H3. The summed E-state index contributed by atoms with van der Waals surface area (Å²) in [5.41, 5.74) is 2.40. The third kappa shape index (κ3) is 2.98. The van der Waals surface area contributed by atoms with Crippen LogP contribution in [0.15, 0.2) is 12.1 Å². The Kier molecular flexibility index (Phi) is 4.69. The van der Waals surface area contributed by atoms with Gasteiger partial charge in [-0.1, -0.05) is 13.8 Å². The molecule has 4 heteroatoms. The normalized spacial score (nSPS) is 13.3. The van der Waals surface area contributed by atoms with E-state index >= 15 is 0 Å². The second-order valence-electron chi connectivity index (χ2n) is 5.91. The van der Waals surface area contributed by atoms with E-state index in [9.17, 15) is 4.39 Å². The molecule has 1 atom stereocenters. The first-order valence-electron chi connectivity index (χ1n) is 7.17. The van der Waals surface area contributed by atoms with Crippen molar-refractivity contribution in [2.45, 2.75) is 46.6 Å². The summed E-state index contributed by atoms with van der Waals surface area (Å²) in [6.07, 6.45) is 1.77. The van der Waals surface area contributed by atoms with Gasteiger partial charge in [-0.2, -0.15) is 0 Å². The molecule has 1 heterocycles. The molecule has 0 amide bonds. The van der Waals surface area contributed by atoms with E-state index in [0.717, 1.165) is 23.3 Å². The summed E-state index contributed by atoms with van der Waals surface area (Å²) in [6, 6.07) is 3.76. The van der Waals surface area contributed by atoms with Gasteiger partial charge in [0.1, 0.15) is 11.6 Å². The van der Waals surface area contributed by atoms with Crippen molar-refractivity contribution in [3.8, 4) is 0 Å². The Bertz CT molecular complexity index is 604. The second-order valence-corrected chi connectivity index (χ2v) is 6.28. The van der Waals surface area contributed by atoms with E-state index < -0.39 is 0 Å². The van der Waals surface area contributed by atoms with E-state index in [2.05, 4.69) is 30.3 Å². The topological polar surface area (TPSA) is 17.8 Å². The highest BCUT2D eigenvalue weighted by Gasteiger charge is 2.17. The molecule has 0 N–H and O–H groups in total. The van der Waals surface area contributed by atoms with Crippen molar-refractivity contribution < 1.29 is 4.39 Å². The number of nitrogens with zero attached hydrogens (tertiary/aromatic N) is 2. The molecule has 0 aliphatic carbocycles. The van der Waals surface area contributed by atoms with Crippen LogP contribution in [-0.4, -0.2) is 15.4 Å². The maximum Gasteiger partial charge on any atom is 0.128 e. The van der Waals surface area contributed by atoms with Gasteiger partial charge < -0.3 is 4.57 Å². The smallest absolute Gasteiger partial charge is 0.128 e. The number of imidazole rings is 1. The van der Waals surface area contributed by atoms with Crippen LogP contribution in [0.2, 0.25) is 0 Å². The highest BCUT2D eigenvalue weighted by molar-refractivity contribution is 6.17. The van der Waals surface area contributed by atoms with Gasteiger partial charge in [0.25, 0.3) is 0 Å². The van der Waals surface area contributed by atoms with Crippen molar-refractivity contribution in [2.24, 2.45) is 5.92 Å². The molecule has 0 radical (unpaired) electrons. The molecule has 2 rings (SSSR count). The average Bonchev–Trinajstić information content (AvgIpc) is 2.67. The quantitative estimate of drug-likeness (QED) is 0.720. The van der Waals surface area contributed by atoms with Gasteiger partial charge in [0, 0.05) is 24.4 Å². The first kappa shape index (κ1) is 15.3. The van der Waals surface area contributed by atoms with Crippen LogP contribution < -0.4 is 0 Å². The molecule has 0 fully saturated rings. The van der Waals surface area contributed by atoms with Crippen molar-refractivity contribution in [3.63, 3.8) is 0 Å². The van der Waals surface area contributed by atoms with E-state index in [0.29, 0.717) is 29.8 Å². The van der Waals surface area contributed by atoms with Crippen molar-refractivity contribution in [1.29, 1.82) is 0 Å². The monoisotopic (exact) mass is 296 g/mol. The first-order valence-corrected chi connectivity index (χ1v) is 7.70. The zero-order valence-corrected chi connectivity index (χ0v) is 13.3. The Morgan fingerprint density at radius 1 is 1.30 bits per heavy atom. The van der Waals surface area contributed by atoms with Gasteiger partial charge in [0.15, 0.2) is 0 Å². The lowest BCUT2D eigenvalue weighted by Crippen LogP contribution is -2.12. The number of hydrogen-bond donors (Lipinski definition) is 0. The summed E-state index contributed by atoms with van der Waals surface area (Å²) in [6.45, 7) is 8.40. The lowest BCUT2D eigenvalue weighted by molar-refractivity contribution is 0.426. The largest absolute Gasteiger partial charge is 0.325 e. The number of rotatable bonds is 5. The molecule has 110 valence electrons. The summed E-state index contributed by atoms with van der Waals surface area (Å²) in [7, 11) is 0. The van der Waals surface area contributed by atoms with Crippen molar-refractivity contribution in [3.05, 3.63) is 29.3 Å². The van der Waals surface area contributed by atoms with Gasteiger partial charge >= 0.3 is 0 Å². The van der Waals surface area contributed by atoms with Crippen molar-refractivity contribution in [1.82, 2.24) is 9.55 Å². The van der Waals surface area contributed by atoms with Crippen LogP contribution in [0.5, 0.6) is 0 Å². The summed E-state index contributed by atoms with van der Waals surface area (Å²) < 4.78 is 15.9. The minimum atomic E-state index is -0.198. The third-order valence-electron chi connectivity index (χ3n) is 3.61. The number of fused-ring (bicyclic) bond motifs is 1. The van der Waals surface area contributed by atoms with Crippen LogP contribution in [0.25, 0.3) is 11.0 Å². The van der Waals surface area contributed by atoms with Crippen LogP contribution in [0, 0.1) is 18.7 Å². The molecule has 1 aromatic carbocycles. The minimum absolute atomic E-state index is 0.198. The van der Waals surface area contributed by atoms with Gasteiger partial charge in [-0.25, -0.2) is 9.37 Å².